The number of hydrogen-bond acceptors (Lipinski definition) is 4. The van der Waals surface area contributed by atoms with Gasteiger partial charge in [0.25, 0.3) is 0 Å². The number of amides is 1. The number of rotatable bonds is 2. The molecule has 2 heterocycles. The number of anilines is 2. The van der Waals surface area contributed by atoms with E-state index in [1.54, 1.807) is 18.2 Å². The number of carbonyl (C=O) groups excluding carboxylic acids is 1. The molecule has 2 saturated heterocycles. The molecule has 2 fully saturated rings. The van der Waals surface area contributed by atoms with Crippen molar-refractivity contribution in [2.24, 2.45) is 5.73 Å². The van der Waals surface area contributed by atoms with Crippen LogP contribution in [-0.2, 0) is 0 Å². The lowest BCUT2D eigenvalue weighted by molar-refractivity contribution is 0.1000. The summed E-state index contributed by atoms with van der Waals surface area (Å²) in [5.74, 6) is -0.439. The summed E-state index contributed by atoms with van der Waals surface area (Å²) in [6, 6.07) is 5.81. The van der Waals surface area contributed by atoms with Crippen LogP contribution in [0.3, 0.4) is 0 Å². The second-order valence-corrected chi connectivity index (χ2v) is 5.56. The minimum Gasteiger partial charge on any atom is -0.397 e. The van der Waals surface area contributed by atoms with Crippen LogP contribution in [0.25, 0.3) is 0 Å². The Morgan fingerprint density at radius 3 is 2.47 bits per heavy atom. The zero-order chi connectivity index (χ0) is 13.6. The van der Waals surface area contributed by atoms with Crippen LogP contribution in [0.15, 0.2) is 18.2 Å². The van der Waals surface area contributed by atoms with E-state index in [1.165, 1.54) is 0 Å². The van der Waals surface area contributed by atoms with E-state index in [-0.39, 0.29) is 6.10 Å². The summed E-state index contributed by atoms with van der Waals surface area (Å²) >= 11 is 0. The molecule has 0 aliphatic carbocycles. The van der Waals surface area contributed by atoms with Crippen LogP contribution in [0.4, 0.5) is 11.4 Å². The van der Waals surface area contributed by atoms with Gasteiger partial charge in [0.1, 0.15) is 0 Å². The van der Waals surface area contributed by atoms with Gasteiger partial charge in [0, 0.05) is 17.6 Å². The molecule has 3 rings (SSSR count). The third-order valence-electron chi connectivity index (χ3n) is 4.30. The molecule has 2 bridgehead atoms. The van der Waals surface area contributed by atoms with Gasteiger partial charge in [-0.1, -0.05) is 0 Å². The zero-order valence-electron chi connectivity index (χ0n) is 10.7. The molecule has 1 aromatic rings. The number of primary amides is 1. The van der Waals surface area contributed by atoms with Gasteiger partial charge in [-0.2, -0.15) is 0 Å². The highest BCUT2D eigenvalue weighted by molar-refractivity contribution is 5.95. The molecule has 2 atom stereocenters. The maximum absolute atomic E-state index is 11.3. The first-order valence-corrected chi connectivity index (χ1v) is 6.72. The van der Waals surface area contributed by atoms with E-state index in [0.29, 0.717) is 23.3 Å². The van der Waals surface area contributed by atoms with Crippen LogP contribution < -0.4 is 16.4 Å². The molecule has 2 unspecified atom stereocenters. The normalized spacial score (nSPS) is 29.5. The maximum atomic E-state index is 11.3. The first-order valence-electron chi connectivity index (χ1n) is 6.72. The summed E-state index contributed by atoms with van der Waals surface area (Å²) in [6.45, 7) is 0. The average Bonchev–Trinajstić information content (AvgIpc) is 2.62. The fourth-order valence-corrected chi connectivity index (χ4v) is 3.46. The molecule has 0 aromatic heterocycles. The summed E-state index contributed by atoms with van der Waals surface area (Å²) in [5.41, 5.74) is 13.4. The Bertz CT molecular complexity index is 503. The van der Waals surface area contributed by atoms with Crippen molar-refractivity contribution in [3.8, 4) is 0 Å². The number of nitrogen functional groups attached to an aromatic ring is 1. The van der Waals surface area contributed by atoms with Crippen molar-refractivity contribution in [2.45, 2.75) is 43.9 Å². The van der Waals surface area contributed by atoms with Crippen molar-refractivity contribution < 1.29 is 9.90 Å². The minimum atomic E-state index is -0.439. The van der Waals surface area contributed by atoms with Crippen LogP contribution in [0, 0.1) is 0 Å². The standard InChI is InChI=1S/C14H19N3O2/c15-12-4-1-8(14(16)19)5-13(12)17-9-2-3-10(17)7-11(18)6-9/h1,4-5,9-11,18H,2-3,6-7,15H2,(H2,16,19). The van der Waals surface area contributed by atoms with Crippen LogP contribution in [0.5, 0.6) is 0 Å². The Balaban J connectivity index is 1.98. The second kappa shape index (κ2) is 4.42. The van der Waals surface area contributed by atoms with Gasteiger partial charge in [0.05, 0.1) is 17.5 Å². The van der Waals surface area contributed by atoms with Crippen molar-refractivity contribution in [3.63, 3.8) is 0 Å². The molecule has 5 heteroatoms. The number of carbonyl (C=O) groups is 1. The lowest BCUT2D eigenvalue weighted by Crippen LogP contribution is -2.45. The number of benzene rings is 1. The van der Waals surface area contributed by atoms with Crippen molar-refractivity contribution in [1.82, 2.24) is 0 Å². The van der Waals surface area contributed by atoms with Crippen molar-refractivity contribution >= 4 is 17.3 Å². The van der Waals surface area contributed by atoms with Gasteiger partial charge in [0.15, 0.2) is 0 Å². The van der Waals surface area contributed by atoms with E-state index < -0.39 is 5.91 Å². The quantitative estimate of drug-likeness (QED) is 0.688. The van der Waals surface area contributed by atoms with E-state index >= 15 is 0 Å². The molecule has 2 aliphatic rings. The number of nitrogens with two attached hydrogens (primary N) is 2. The Hall–Kier alpha value is -1.75. The first kappa shape index (κ1) is 12.3. The number of nitrogens with zero attached hydrogens (tertiary/aromatic N) is 1. The van der Waals surface area contributed by atoms with Crippen molar-refractivity contribution in [2.75, 3.05) is 10.6 Å². The molecule has 1 aromatic carbocycles. The van der Waals surface area contributed by atoms with Gasteiger partial charge >= 0.3 is 0 Å². The van der Waals surface area contributed by atoms with Crippen LogP contribution >= 0.6 is 0 Å². The fraction of sp³-hybridized carbons (Fsp3) is 0.500. The average molecular weight is 261 g/mol. The predicted octanol–water partition coefficient (Wildman–Crippen LogP) is 0.860. The Morgan fingerprint density at radius 2 is 1.89 bits per heavy atom. The van der Waals surface area contributed by atoms with Gasteiger partial charge in [0.2, 0.25) is 5.91 Å². The summed E-state index contributed by atoms with van der Waals surface area (Å²) in [6.07, 6.45) is 3.48. The lowest BCUT2D eigenvalue weighted by atomic mass is 9.98. The SMILES string of the molecule is NC(=O)c1ccc(N)c(N2C3CCC2CC(O)C3)c1. The fourth-order valence-electron chi connectivity index (χ4n) is 3.46. The summed E-state index contributed by atoms with van der Waals surface area (Å²) in [4.78, 5) is 13.6. The lowest BCUT2D eigenvalue weighted by Gasteiger charge is -2.39. The number of fused-ring (bicyclic) bond motifs is 2. The molecule has 0 spiro atoms. The molecule has 2 aliphatic heterocycles. The third-order valence-corrected chi connectivity index (χ3v) is 4.30. The van der Waals surface area contributed by atoms with E-state index in [9.17, 15) is 9.90 Å². The van der Waals surface area contributed by atoms with Gasteiger partial charge < -0.3 is 21.5 Å². The van der Waals surface area contributed by atoms with E-state index in [1.807, 2.05) is 0 Å². The second-order valence-electron chi connectivity index (χ2n) is 5.56. The van der Waals surface area contributed by atoms with Gasteiger partial charge in [-0.05, 0) is 43.9 Å². The molecule has 1 amide bonds. The molecule has 19 heavy (non-hydrogen) atoms. The maximum Gasteiger partial charge on any atom is 0.248 e. The van der Waals surface area contributed by atoms with Gasteiger partial charge in [-0.15, -0.1) is 0 Å². The smallest absolute Gasteiger partial charge is 0.248 e. The monoisotopic (exact) mass is 261 g/mol. The predicted molar refractivity (Wildman–Crippen MR) is 73.9 cm³/mol. The summed E-state index contributed by atoms with van der Waals surface area (Å²) in [7, 11) is 0. The minimum absolute atomic E-state index is 0.214. The summed E-state index contributed by atoms with van der Waals surface area (Å²) < 4.78 is 0. The Kier molecular flexibility index (Phi) is 2.86. The van der Waals surface area contributed by atoms with Crippen molar-refractivity contribution in [3.05, 3.63) is 23.8 Å². The van der Waals surface area contributed by atoms with E-state index in [4.69, 9.17) is 11.5 Å². The highest BCUT2D eigenvalue weighted by Gasteiger charge is 2.40. The molecule has 5 N–H and O–H groups in total. The number of hydrogen-bond donors (Lipinski definition) is 3. The van der Waals surface area contributed by atoms with Gasteiger partial charge in [-0.25, -0.2) is 0 Å². The highest BCUT2D eigenvalue weighted by Crippen LogP contribution is 2.41. The number of piperidine rings is 1. The van der Waals surface area contributed by atoms with Gasteiger partial charge in [-0.3, -0.25) is 4.79 Å². The Labute approximate surface area is 112 Å². The topological polar surface area (TPSA) is 92.6 Å². The third kappa shape index (κ3) is 2.04. The highest BCUT2D eigenvalue weighted by atomic mass is 16.3. The Morgan fingerprint density at radius 1 is 1.26 bits per heavy atom. The molecular weight excluding hydrogens is 242 g/mol. The zero-order valence-corrected chi connectivity index (χ0v) is 10.7. The number of aliphatic hydroxyl groups excluding tert-OH is 1. The van der Waals surface area contributed by atoms with E-state index in [0.717, 1.165) is 31.4 Å². The van der Waals surface area contributed by atoms with Crippen LogP contribution in [0.1, 0.15) is 36.0 Å². The van der Waals surface area contributed by atoms with Crippen LogP contribution in [-0.4, -0.2) is 29.2 Å². The summed E-state index contributed by atoms with van der Waals surface area (Å²) in [5, 5.41) is 9.83. The molecule has 102 valence electrons. The molecular formula is C14H19N3O2. The molecule has 0 saturated carbocycles. The molecule has 0 radical (unpaired) electrons. The first-order chi connectivity index (χ1) is 9.06. The van der Waals surface area contributed by atoms with Crippen molar-refractivity contribution in [1.29, 1.82) is 0 Å². The number of aliphatic hydroxyl groups is 1. The van der Waals surface area contributed by atoms with E-state index in [2.05, 4.69) is 4.90 Å². The molecule has 5 nitrogen and oxygen atoms in total. The van der Waals surface area contributed by atoms with Crippen LogP contribution in [0.2, 0.25) is 0 Å². The largest absolute Gasteiger partial charge is 0.397 e.